The number of piperidine rings is 1. The van der Waals surface area contributed by atoms with Gasteiger partial charge in [-0.25, -0.2) is 9.97 Å². The summed E-state index contributed by atoms with van der Waals surface area (Å²) >= 11 is 0. The van der Waals surface area contributed by atoms with Crippen molar-refractivity contribution in [3.8, 4) is 5.88 Å². The molecule has 2 fully saturated rings. The Kier molecular flexibility index (Phi) is 3.82. The largest absolute Gasteiger partial charge is 0.478 e. The average molecular weight is 262 g/mol. The van der Waals surface area contributed by atoms with Crippen LogP contribution < -0.4 is 15.0 Å². The Bertz CT molecular complexity index is 412. The van der Waals surface area contributed by atoms with Gasteiger partial charge in [-0.05, 0) is 31.7 Å². The van der Waals surface area contributed by atoms with E-state index in [1.807, 2.05) is 6.07 Å². The molecular formula is C14H22N4O. The first-order valence-electron chi connectivity index (χ1n) is 7.30. The maximum atomic E-state index is 5.58. The first-order chi connectivity index (χ1) is 9.36. The van der Waals surface area contributed by atoms with Crippen LogP contribution in [0.25, 0.3) is 0 Å². The Balaban J connectivity index is 1.68. The van der Waals surface area contributed by atoms with Gasteiger partial charge in [0, 0.05) is 25.2 Å². The maximum Gasteiger partial charge on any atom is 0.218 e. The van der Waals surface area contributed by atoms with Gasteiger partial charge in [0.15, 0.2) is 0 Å². The maximum absolute atomic E-state index is 5.58. The van der Waals surface area contributed by atoms with Crippen molar-refractivity contribution in [2.75, 3.05) is 31.1 Å². The van der Waals surface area contributed by atoms with E-state index >= 15 is 0 Å². The number of nitrogens with zero attached hydrogens (tertiary/aromatic N) is 3. The fraction of sp³-hybridized carbons (Fsp3) is 0.714. The lowest BCUT2D eigenvalue weighted by atomic mass is 9.94. The molecule has 3 heterocycles. The van der Waals surface area contributed by atoms with E-state index in [1.165, 1.54) is 12.8 Å². The molecule has 0 aliphatic carbocycles. The molecule has 5 heteroatoms. The third-order valence-electron chi connectivity index (χ3n) is 4.00. The summed E-state index contributed by atoms with van der Waals surface area (Å²) in [6.45, 7) is 6.11. The molecule has 1 N–H and O–H groups in total. The Morgan fingerprint density at radius 2 is 2.37 bits per heavy atom. The quantitative estimate of drug-likeness (QED) is 0.890. The summed E-state index contributed by atoms with van der Waals surface area (Å²) in [5.41, 5.74) is 0. The second-order valence-corrected chi connectivity index (χ2v) is 5.43. The molecule has 0 spiro atoms. The molecule has 5 nitrogen and oxygen atoms in total. The summed E-state index contributed by atoms with van der Waals surface area (Å²) in [6, 6.07) is 2.59. The van der Waals surface area contributed by atoms with Gasteiger partial charge >= 0.3 is 0 Å². The number of aromatic nitrogens is 2. The third kappa shape index (κ3) is 2.81. The van der Waals surface area contributed by atoms with Crippen LogP contribution in [-0.4, -0.2) is 42.3 Å². The highest BCUT2D eigenvalue weighted by molar-refractivity contribution is 5.42. The van der Waals surface area contributed by atoms with Crippen molar-refractivity contribution in [2.45, 2.75) is 32.2 Å². The minimum atomic E-state index is 0.628. The Hall–Kier alpha value is -1.36. The van der Waals surface area contributed by atoms with Crippen LogP contribution in [-0.2, 0) is 0 Å². The van der Waals surface area contributed by atoms with E-state index in [9.17, 15) is 0 Å². The second kappa shape index (κ2) is 5.74. The Morgan fingerprint density at radius 3 is 3.21 bits per heavy atom. The van der Waals surface area contributed by atoms with Gasteiger partial charge in [-0.2, -0.15) is 0 Å². The lowest BCUT2D eigenvalue weighted by Gasteiger charge is -2.24. The zero-order chi connectivity index (χ0) is 13.1. The molecule has 0 saturated carbocycles. The molecular weight excluding hydrogens is 240 g/mol. The summed E-state index contributed by atoms with van der Waals surface area (Å²) in [5.74, 6) is 2.45. The van der Waals surface area contributed by atoms with Crippen molar-refractivity contribution in [1.29, 1.82) is 0 Å². The number of rotatable bonds is 4. The van der Waals surface area contributed by atoms with Crippen LogP contribution in [0.15, 0.2) is 12.4 Å². The molecule has 2 aliphatic heterocycles. The number of fused-ring (bicyclic) bond motifs is 1. The summed E-state index contributed by atoms with van der Waals surface area (Å²) in [7, 11) is 0. The number of hydrogen-bond acceptors (Lipinski definition) is 5. The van der Waals surface area contributed by atoms with E-state index in [2.05, 4.69) is 27.1 Å². The Morgan fingerprint density at radius 1 is 1.42 bits per heavy atom. The third-order valence-corrected chi connectivity index (χ3v) is 4.00. The zero-order valence-corrected chi connectivity index (χ0v) is 11.5. The lowest BCUT2D eigenvalue weighted by molar-refractivity contribution is 0.304. The van der Waals surface area contributed by atoms with Crippen molar-refractivity contribution in [1.82, 2.24) is 15.3 Å². The van der Waals surface area contributed by atoms with Crippen molar-refractivity contribution >= 4 is 5.82 Å². The van der Waals surface area contributed by atoms with Gasteiger partial charge in [0.05, 0.1) is 6.61 Å². The van der Waals surface area contributed by atoms with Crippen molar-refractivity contribution in [3.63, 3.8) is 0 Å². The fourth-order valence-corrected chi connectivity index (χ4v) is 3.02. The van der Waals surface area contributed by atoms with Gasteiger partial charge in [-0.3, -0.25) is 0 Å². The molecule has 0 aromatic carbocycles. The summed E-state index contributed by atoms with van der Waals surface area (Å²) in [4.78, 5) is 10.9. The molecule has 1 aromatic rings. The highest BCUT2D eigenvalue weighted by Gasteiger charge is 2.34. The minimum Gasteiger partial charge on any atom is -0.478 e. The average Bonchev–Trinajstić information content (AvgIpc) is 2.89. The van der Waals surface area contributed by atoms with Crippen LogP contribution in [0.1, 0.15) is 26.2 Å². The van der Waals surface area contributed by atoms with Gasteiger partial charge in [0.25, 0.3) is 0 Å². The van der Waals surface area contributed by atoms with Crippen molar-refractivity contribution in [2.24, 2.45) is 5.92 Å². The zero-order valence-electron chi connectivity index (χ0n) is 11.5. The van der Waals surface area contributed by atoms with E-state index in [4.69, 9.17) is 4.74 Å². The highest BCUT2D eigenvalue weighted by atomic mass is 16.5. The molecule has 2 atom stereocenters. The standard InChI is InChI=1S/C14H22N4O/c1-2-6-19-14-7-13(16-10-17-14)18-8-11-4-3-5-15-12(11)9-18/h7,10-12,15H,2-6,8-9H2,1H3. The van der Waals surface area contributed by atoms with E-state index in [1.54, 1.807) is 6.33 Å². The molecule has 2 aliphatic rings. The summed E-state index contributed by atoms with van der Waals surface area (Å²) in [6.07, 6.45) is 5.23. The predicted molar refractivity (Wildman–Crippen MR) is 74.5 cm³/mol. The van der Waals surface area contributed by atoms with E-state index in [0.29, 0.717) is 18.5 Å². The Labute approximate surface area is 114 Å². The molecule has 19 heavy (non-hydrogen) atoms. The molecule has 0 bridgehead atoms. The molecule has 3 rings (SSSR count). The molecule has 1 aromatic heterocycles. The fourth-order valence-electron chi connectivity index (χ4n) is 3.02. The molecule has 0 radical (unpaired) electrons. The van der Waals surface area contributed by atoms with E-state index in [0.717, 1.165) is 37.8 Å². The predicted octanol–water partition coefficient (Wildman–Crippen LogP) is 1.45. The van der Waals surface area contributed by atoms with Crippen LogP contribution in [0.4, 0.5) is 5.82 Å². The smallest absolute Gasteiger partial charge is 0.218 e. The molecule has 0 amide bonds. The number of ether oxygens (including phenoxy) is 1. The van der Waals surface area contributed by atoms with Gasteiger partial charge in [0.1, 0.15) is 12.1 Å². The monoisotopic (exact) mass is 262 g/mol. The molecule has 104 valence electrons. The van der Waals surface area contributed by atoms with Crippen LogP contribution in [0.3, 0.4) is 0 Å². The summed E-state index contributed by atoms with van der Waals surface area (Å²) < 4.78 is 5.58. The topological polar surface area (TPSA) is 50.3 Å². The SMILES string of the molecule is CCCOc1cc(N2CC3CCCNC3C2)ncn1. The number of hydrogen-bond donors (Lipinski definition) is 1. The van der Waals surface area contributed by atoms with Gasteiger partial charge in [-0.15, -0.1) is 0 Å². The number of anilines is 1. The van der Waals surface area contributed by atoms with E-state index < -0.39 is 0 Å². The first kappa shape index (κ1) is 12.7. The lowest BCUT2D eigenvalue weighted by Crippen LogP contribution is -2.40. The van der Waals surface area contributed by atoms with Crippen LogP contribution in [0.2, 0.25) is 0 Å². The normalized spacial score (nSPS) is 26.3. The summed E-state index contributed by atoms with van der Waals surface area (Å²) in [5, 5.41) is 3.61. The van der Waals surface area contributed by atoms with Crippen molar-refractivity contribution in [3.05, 3.63) is 12.4 Å². The first-order valence-corrected chi connectivity index (χ1v) is 7.30. The van der Waals surface area contributed by atoms with E-state index in [-0.39, 0.29) is 0 Å². The molecule has 2 saturated heterocycles. The van der Waals surface area contributed by atoms with Gasteiger partial charge in [0.2, 0.25) is 5.88 Å². The highest BCUT2D eigenvalue weighted by Crippen LogP contribution is 2.28. The van der Waals surface area contributed by atoms with Crippen molar-refractivity contribution < 1.29 is 4.74 Å². The minimum absolute atomic E-state index is 0.628. The van der Waals surface area contributed by atoms with Gasteiger partial charge < -0.3 is 15.0 Å². The van der Waals surface area contributed by atoms with Crippen LogP contribution in [0, 0.1) is 5.92 Å². The van der Waals surface area contributed by atoms with Crippen LogP contribution in [0.5, 0.6) is 5.88 Å². The molecule has 2 unspecified atom stereocenters. The number of nitrogens with one attached hydrogen (secondary N) is 1. The van der Waals surface area contributed by atoms with Crippen LogP contribution >= 0.6 is 0 Å². The van der Waals surface area contributed by atoms with Gasteiger partial charge in [-0.1, -0.05) is 6.92 Å². The second-order valence-electron chi connectivity index (χ2n) is 5.43.